The minimum absolute atomic E-state index is 0.0520. The summed E-state index contributed by atoms with van der Waals surface area (Å²) in [4.78, 5) is 29.4. The molecule has 1 N–H and O–H groups in total. The highest BCUT2D eigenvalue weighted by atomic mass is 16.5. The fourth-order valence-electron chi connectivity index (χ4n) is 3.77. The van der Waals surface area contributed by atoms with Crippen molar-refractivity contribution in [2.75, 3.05) is 14.2 Å². The predicted molar refractivity (Wildman–Crippen MR) is 85.5 cm³/mol. The number of pyridine rings is 1. The summed E-state index contributed by atoms with van der Waals surface area (Å²) in [6.07, 6.45) is 2.79. The molecule has 1 amide bonds. The fourth-order valence-corrected chi connectivity index (χ4v) is 3.77. The van der Waals surface area contributed by atoms with Crippen LogP contribution < -0.4 is 0 Å². The first kappa shape index (κ1) is 17.4. The van der Waals surface area contributed by atoms with Crippen molar-refractivity contribution < 1.29 is 19.4 Å². The Bertz CT molecular complexity index is 598. The van der Waals surface area contributed by atoms with Gasteiger partial charge in [0.05, 0.1) is 6.10 Å². The van der Waals surface area contributed by atoms with Gasteiger partial charge in [0, 0.05) is 25.6 Å². The molecular weight excluding hydrogens is 296 g/mol. The van der Waals surface area contributed by atoms with Gasteiger partial charge in [-0.3, -0.25) is 4.79 Å². The first-order valence-electron chi connectivity index (χ1n) is 7.91. The van der Waals surface area contributed by atoms with Gasteiger partial charge in [0.2, 0.25) is 0 Å². The van der Waals surface area contributed by atoms with Crippen LogP contribution in [0.15, 0.2) is 18.2 Å². The van der Waals surface area contributed by atoms with Crippen LogP contribution in [0.25, 0.3) is 0 Å². The lowest BCUT2D eigenvalue weighted by molar-refractivity contribution is -0.147. The topological polar surface area (TPSA) is 79.7 Å². The van der Waals surface area contributed by atoms with Crippen molar-refractivity contribution in [1.29, 1.82) is 0 Å². The first-order valence-corrected chi connectivity index (χ1v) is 7.91. The van der Waals surface area contributed by atoms with Crippen molar-refractivity contribution in [3.05, 3.63) is 29.6 Å². The van der Waals surface area contributed by atoms with Crippen LogP contribution >= 0.6 is 0 Å². The van der Waals surface area contributed by atoms with Crippen molar-refractivity contribution in [3.63, 3.8) is 0 Å². The van der Waals surface area contributed by atoms with Crippen LogP contribution in [0.1, 0.15) is 54.1 Å². The highest BCUT2D eigenvalue weighted by Crippen LogP contribution is 2.51. The lowest BCUT2D eigenvalue weighted by Gasteiger charge is -2.57. The maximum atomic E-state index is 12.7. The molecule has 0 aliphatic heterocycles. The Morgan fingerprint density at radius 2 is 1.96 bits per heavy atom. The Balaban J connectivity index is 2.23. The number of ether oxygens (including phenoxy) is 1. The van der Waals surface area contributed by atoms with E-state index in [-0.39, 0.29) is 34.9 Å². The standard InChI is InChI=1S/C17H24N2O4/c1-5-17(6-2)13(10-14(17)23-4)19(3)15(20)11-8-7-9-12(18-11)16(21)22/h7-9,13-14H,5-6,10H2,1-4H3,(H,21,22). The maximum absolute atomic E-state index is 12.7. The lowest BCUT2D eigenvalue weighted by atomic mass is 9.58. The van der Waals surface area contributed by atoms with Crippen LogP contribution in [-0.2, 0) is 4.74 Å². The van der Waals surface area contributed by atoms with Crippen LogP contribution in [0.3, 0.4) is 0 Å². The monoisotopic (exact) mass is 320 g/mol. The van der Waals surface area contributed by atoms with E-state index in [1.54, 1.807) is 31.2 Å². The summed E-state index contributed by atoms with van der Waals surface area (Å²) in [5, 5.41) is 9.02. The molecular formula is C17H24N2O4. The molecule has 23 heavy (non-hydrogen) atoms. The highest BCUT2D eigenvalue weighted by molar-refractivity contribution is 5.94. The number of hydrogen-bond donors (Lipinski definition) is 1. The molecule has 0 radical (unpaired) electrons. The Hall–Kier alpha value is -1.95. The number of carboxylic acids is 1. The maximum Gasteiger partial charge on any atom is 0.354 e. The molecule has 6 heteroatoms. The lowest BCUT2D eigenvalue weighted by Crippen LogP contribution is -2.64. The average molecular weight is 320 g/mol. The molecule has 1 aromatic rings. The number of methoxy groups -OCH3 is 1. The third kappa shape index (κ3) is 2.83. The van der Waals surface area contributed by atoms with E-state index in [0.717, 1.165) is 19.3 Å². The van der Waals surface area contributed by atoms with Crippen LogP contribution in [0.5, 0.6) is 0 Å². The van der Waals surface area contributed by atoms with Crippen molar-refractivity contribution in [2.45, 2.75) is 45.3 Å². The van der Waals surface area contributed by atoms with Gasteiger partial charge in [-0.2, -0.15) is 0 Å². The minimum atomic E-state index is -1.14. The van der Waals surface area contributed by atoms with Crippen molar-refractivity contribution >= 4 is 11.9 Å². The zero-order valence-electron chi connectivity index (χ0n) is 14.1. The van der Waals surface area contributed by atoms with E-state index >= 15 is 0 Å². The molecule has 0 bridgehead atoms. The third-order valence-electron chi connectivity index (χ3n) is 5.32. The van der Waals surface area contributed by atoms with E-state index in [0.29, 0.717) is 0 Å². The molecule has 2 atom stereocenters. The molecule has 0 spiro atoms. The van der Waals surface area contributed by atoms with E-state index in [9.17, 15) is 9.59 Å². The van der Waals surface area contributed by atoms with E-state index < -0.39 is 5.97 Å². The number of carboxylic acid groups (broad SMARTS) is 1. The Morgan fingerprint density at radius 1 is 1.35 bits per heavy atom. The second-order valence-electron chi connectivity index (χ2n) is 6.05. The number of hydrogen-bond acceptors (Lipinski definition) is 4. The Morgan fingerprint density at radius 3 is 2.48 bits per heavy atom. The van der Waals surface area contributed by atoms with E-state index in [4.69, 9.17) is 9.84 Å². The smallest absolute Gasteiger partial charge is 0.354 e. The molecule has 126 valence electrons. The quantitative estimate of drug-likeness (QED) is 0.871. The van der Waals surface area contributed by atoms with E-state index in [2.05, 4.69) is 18.8 Å². The summed E-state index contributed by atoms with van der Waals surface area (Å²) in [6, 6.07) is 4.55. The summed E-state index contributed by atoms with van der Waals surface area (Å²) in [6.45, 7) is 4.23. The minimum Gasteiger partial charge on any atom is -0.477 e. The molecule has 1 heterocycles. The molecule has 2 unspecified atom stereocenters. The molecule has 2 rings (SSSR count). The van der Waals surface area contributed by atoms with Crippen molar-refractivity contribution in [3.8, 4) is 0 Å². The summed E-state index contributed by atoms with van der Waals surface area (Å²) in [7, 11) is 3.47. The van der Waals surface area contributed by atoms with Crippen LogP contribution in [0.2, 0.25) is 0 Å². The van der Waals surface area contributed by atoms with Crippen LogP contribution in [-0.4, -0.2) is 53.2 Å². The number of nitrogens with zero attached hydrogens (tertiary/aromatic N) is 2. The Labute approximate surface area is 136 Å². The van der Waals surface area contributed by atoms with Gasteiger partial charge in [-0.1, -0.05) is 19.9 Å². The number of rotatable bonds is 6. The van der Waals surface area contributed by atoms with Gasteiger partial charge >= 0.3 is 5.97 Å². The van der Waals surface area contributed by atoms with E-state index in [1.807, 2.05) is 0 Å². The molecule has 1 aromatic heterocycles. The van der Waals surface area contributed by atoms with Crippen LogP contribution in [0.4, 0.5) is 0 Å². The van der Waals surface area contributed by atoms with Gasteiger partial charge in [-0.05, 0) is 31.4 Å². The van der Waals surface area contributed by atoms with Crippen LogP contribution in [0, 0.1) is 5.41 Å². The molecule has 0 aromatic carbocycles. The summed E-state index contributed by atoms with van der Waals surface area (Å²) in [5.41, 5.74) is -0.0110. The zero-order valence-corrected chi connectivity index (χ0v) is 14.1. The van der Waals surface area contributed by atoms with Gasteiger partial charge in [-0.15, -0.1) is 0 Å². The largest absolute Gasteiger partial charge is 0.477 e. The van der Waals surface area contributed by atoms with Crippen molar-refractivity contribution in [2.24, 2.45) is 5.41 Å². The van der Waals surface area contributed by atoms with E-state index in [1.165, 1.54) is 6.07 Å². The average Bonchev–Trinajstić information content (AvgIpc) is 2.55. The van der Waals surface area contributed by atoms with Gasteiger partial charge in [0.25, 0.3) is 5.91 Å². The number of carbonyl (C=O) groups is 2. The first-order chi connectivity index (χ1) is 10.9. The third-order valence-corrected chi connectivity index (χ3v) is 5.32. The second-order valence-corrected chi connectivity index (χ2v) is 6.05. The van der Waals surface area contributed by atoms with Gasteiger partial charge in [0.15, 0.2) is 0 Å². The molecule has 6 nitrogen and oxygen atoms in total. The second kappa shape index (κ2) is 6.66. The summed E-state index contributed by atoms with van der Waals surface area (Å²) in [5.74, 6) is -1.39. The van der Waals surface area contributed by atoms with Gasteiger partial charge in [0.1, 0.15) is 11.4 Å². The fraction of sp³-hybridized carbons (Fsp3) is 0.588. The normalized spacial score (nSPS) is 22.3. The molecule has 0 saturated heterocycles. The van der Waals surface area contributed by atoms with Gasteiger partial charge in [-0.25, -0.2) is 9.78 Å². The number of aromatic carboxylic acids is 1. The number of amides is 1. The molecule has 1 aliphatic rings. The molecule has 1 fully saturated rings. The number of carbonyl (C=O) groups excluding carboxylic acids is 1. The van der Waals surface area contributed by atoms with Crippen molar-refractivity contribution in [1.82, 2.24) is 9.88 Å². The Kier molecular flexibility index (Phi) is 5.04. The summed E-state index contributed by atoms with van der Waals surface area (Å²) >= 11 is 0. The zero-order chi connectivity index (χ0) is 17.2. The SMILES string of the molecule is CCC1(CC)C(OC)CC1N(C)C(=O)c1cccc(C(=O)O)n1. The van der Waals surface area contributed by atoms with Gasteiger partial charge < -0.3 is 14.7 Å². The number of aromatic nitrogens is 1. The highest BCUT2D eigenvalue weighted by Gasteiger charge is 2.55. The predicted octanol–water partition coefficient (Wildman–Crippen LogP) is 2.45. The molecule has 1 saturated carbocycles. The summed E-state index contributed by atoms with van der Waals surface area (Å²) < 4.78 is 5.57. The molecule has 1 aliphatic carbocycles.